The summed E-state index contributed by atoms with van der Waals surface area (Å²) in [5.74, 6) is 1.34. The number of hydrogen-bond donors (Lipinski definition) is 2. The molecule has 2 heterocycles. The van der Waals surface area contributed by atoms with Gasteiger partial charge in [-0.2, -0.15) is 4.98 Å². The first-order valence-electron chi connectivity index (χ1n) is 9.22. The fraction of sp³-hybridized carbons (Fsp3) is 0.190. The van der Waals surface area contributed by atoms with E-state index in [1.165, 1.54) is 11.8 Å². The fourth-order valence-electron chi connectivity index (χ4n) is 3.39. The Labute approximate surface area is 183 Å². The number of benzene rings is 2. The van der Waals surface area contributed by atoms with Crippen LogP contribution in [0.25, 0.3) is 0 Å². The molecule has 0 radical (unpaired) electrons. The molecule has 4 rings (SSSR count). The van der Waals surface area contributed by atoms with Gasteiger partial charge in [0, 0.05) is 16.5 Å². The lowest BCUT2D eigenvalue weighted by Crippen LogP contribution is -2.31. The standard InChI is InChI=1S/C21H20ClN5O2S/c1-12-17(19(23)28)18(13-7-5-8-15(10-13)29-2)27-20(24-12)25-21(26-27)30-11-14-6-3-4-9-16(14)22/h3-10,18H,11H2,1-2H3,(H2,23,28)(H,24,25,26)/t18-/m1/s1. The van der Waals surface area contributed by atoms with Crippen LogP contribution < -0.4 is 15.8 Å². The number of carbonyl (C=O) groups excluding carboxylic acids is 1. The molecule has 1 amide bonds. The number of rotatable bonds is 6. The first kappa shape index (κ1) is 20.3. The Morgan fingerprint density at radius 1 is 1.30 bits per heavy atom. The van der Waals surface area contributed by atoms with E-state index < -0.39 is 11.9 Å². The number of halogens is 1. The van der Waals surface area contributed by atoms with Crippen LogP contribution in [0.4, 0.5) is 5.95 Å². The van der Waals surface area contributed by atoms with Crippen molar-refractivity contribution >= 4 is 35.2 Å². The molecule has 30 heavy (non-hydrogen) atoms. The monoisotopic (exact) mass is 441 g/mol. The molecule has 0 bridgehead atoms. The molecule has 3 aromatic rings. The Balaban J connectivity index is 1.71. The molecule has 7 nitrogen and oxygen atoms in total. The van der Waals surface area contributed by atoms with Gasteiger partial charge in [0.1, 0.15) is 11.8 Å². The second-order valence-electron chi connectivity index (χ2n) is 6.75. The Morgan fingerprint density at radius 3 is 2.83 bits per heavy atom. The summed E-state index contributed by atoms with van der Waals surface area (Å²) in [6.45, 7) is 1.81. The number of hydrogen-bond acceptors (Lipinski definition) is 6. The van der Waals surface area contributed by atoms with Crippen LogP contribution in [0, 0.1) is 0 Å². The normalized spacial score (nSPS) is 15.5. The van der Waals surface area contributed by atoms with Crippen LogP contribution in [-0.2, 0) is 10.5 Å². The summed E-state index contributed by atoms with van der Waals surface area (Å²) in [6, 6.07) is 14.7. The van der Waals surface area contributed by atoms with E-state index in [9.17, 15) is 4.79 Å². The van der Waals surface area contributed by atoms with Crippen LogP contribution in [0.2, 0.25) is 5.02 Å². The Morgan fingerprint density at radius 2 is 2.10 bits per heavy atom. The maximum atomic E-state index is 12.3. The van der Waals surface area contributed by atoms with Gasteiger partial charge in [-0.3, -0.25) is 4.79 Å². The van der Waals surface area contributed by atoms with Gasteiger partial charge >= 0.3 is 0 Å². The number of aromatic nitrogens is 3. The number of nitrogens with two attached hydrogens (primary N) is 1. The van der Waals surface area contributed by atoms with Crippen molar-refractivity contribution in [3.05, 3.63) is 76.0 Å². The lowest BCUT2D eigenvalue weighted by atomic mass is 9.95. The molecule has 3 N–H and O–H groups in total. The van der Waals surface area contributed by atoms with E-state index in [1.54, 1.807) is 11.8 Å². The van der Waals surface area contributed by atoms with Crippen LogP contribution in [0.15, 0.2) is 65.0 Å². The Bertz CT molecular complexity index is 1140. The van der Waals surface area contributed by atoms with Crippen molar-refractivity contribution in [3.63, 3.8) is 0 Å². The number of amides is 1. The van der Waals surface area contributed by atoms with Crippen molar-refractivity contribution in [1.82, 2.24) is 14.8 Å². The van der Waals surface area contributed by atoms with Crippen molar-refractivity contribution in [2.75, 3.05) is 12.4 Å². The van der Waals surface area contributed by atoms with E-state index in [2.05, 4.69) is 15.4 Å². The average molecular weight is 442 g/mol. The summed E-state index contributed by atoms with van der Waals surface area (Å²) >= 11 is 7.72. The zero-order valence-electron chi connectivity index (χ0n) is 16.4. The maximum Gasteiger partial charge on any atom is 0.248 e. The number of nitrogens with zero attached hydrogens (tertiary/aromatic N) is 3. The zero-order chi connectivity index (χ0) is 21.3. The van der Waals surface area contributed by atoms with Gasteiger partial charge in [0.05, 0.1) is 12.7 Å². The van der Waals surface area contributed by atoms with Gasteiger partial charge in [0.2, 0.25) is 17.0 Å². The number of allylic oxidation sites excluding steroid dienone is 1. The highest BCUT2D eigenvalue weighted by Gasteiger charge is 2.33. The van der Waals surface area contributed by atoms with Crippen molar-refractivity contribution in [2.24, 2.45) is 5.73 Å². The van der Waals surface area contributed by atoms with Gasteiger partial charge in [-0.05, 0) is 36.2 Å². The first-order valence-corrected chi connectivity index (χ1v) is 10.6. The fourth-order valence-corrected chi connectivity index (χ4v) is 4.50. The van der Waals surface area contributed by atoms with E-state index in [0.29, 0.717) is 38.9 Å². The van der Waals surface area contributed by atoms with Gasteiger partial charge in [-0.1, -0.05) is 53.7 Å². The van der Waals surface area contributed by atoms with E-state index in [0.717, 1.165) is 11.1 Å². The number of methoxy groups -OCH3 is 1. The molecule has 0 saturated carbocycles. The quantitative estimate of drug-likeness (QED) is 0.561. The molecule has 0 saturated heterocycles. The smallest absolute Gasteiger partial charge is 0.248 e. The molecule has 0 unspecified atom stereocenters. The molecule has 154 valence electrons. The molecule has 0 spiro atoms. The maximum absolute atomic E-state index is 12.3. The number of anilines is 1. The van der Waals surface area contributed by atoms with Crippen LogP contribution in [-0.4, -0.2) is 27.8 Å². The SMILES string of the molecule is COc1cccc([C@@H]2C(C(N)=O)=C(C)Nc3nc(SCc4ccccc4Cl)nn32)c1. The van der Waals surface area contributed by atoms with Gasteiger partial charge in [0.25, 0.3) is 0 Å². The third kappa shape index (κ3) is 3.88. The van der Waals surface area contributed by atoms with Crippen molar-refractivity contribution in [2.45, 2.75) is 23.9 Å². The predicted molar refractivity (Wildman–Crippen MR) is 118 cm³/mol. The van der Waals surface area contributed by atoms with Crippen molar-refractivity contribution in [3.8, 4) is 5.75 Å². The number of nitrogens with one attached hydrogen (secondary N) is 1. The van der Waals surface area contributed by atoms with E-state index >= 15 is 0 Å². The molecule has 0 aliphatic carbocycles. The third-order valence-corrected chi connectivity index (χ3v) is 6.08. The van der Waals surface area contributed by atoms with Gasteiger partial charge in [-0.25, -0.2) is 4.68 Å². The highest BCUT2D eigenvalue weighted by Crippen LogP contribution is 2.37. The second-order valence-corrected chi connectivity index (χ2v) is 8.10. The molecular weight excluding hydrogens is 422 g/mol. The molecule has 1 aliphatic rings. The number of carbonyl (C=O) groups is 1. The topological polar surface area (TPSA) is 95.1 Å². The Kier molecular flexibility index (Phi) is 5.69. The lowest BCUT2D eigenvalue weighted by Gasteiger charge is -2.27. The van der Waals surface area contributed by atoms with Crippen molar-refractivity contribution < 1.29 is 9.53 Å². The third-order valence-electron chi connectivity index (χ3n) is 4.82. The minimum Gasteiger partial charge on any atom is -0.497 e. The summed E-state index contributed by atoms with van der Waals surface area (Å²) in [4.78, 5) is 16.9. The number of thioether (sulfide) groups is 1. The summed E-state index contributed by atoms with van der Waals surface area (Å²) in [6.07, 6.45) is 0. The summed E-state index contributed by atoms with van der Waals surface area (Å²) in [5.41, 5.74) is 8.64. The number of primary amides is 1. The van der Waals surface area contributed by atoms with Crippen LogP contribution in [0.3, 0.4) is 0 Å². The van der Waals surface area contributed by atoms with Gasteiger partial charge in [0.15, 0.2) is 0 Å². The number of ether oxygens (including phenoxy) is 1. The molecule has 0 fully saturated rings. The Hall–Kier alpha value is -2.97. The minimum absolute atomic E-state index is 0.434. The molecule has 9 heteroatoms. The second kappa shape index (κ2) is 8.41. The largest absolute Gasteiger partial charge is 0.497 e. The summed E-state index contributed by atoms with van der Waals surface area (Å²) < 4.78 is 7.04. The van der Waals surface area contributed by atoms with Crippen molar-refractivity contribution in [1.29, 1.82) is 0 Å². The minimum atomic E-state index is -0.515. The molecule has 1 aromatic heterocycles. The van der Waals surface area contributed by atoms with E-state index in [-0.39, 0.29) is 0 Å². The number of fused-ring (bicyclic) bond motifs is 1. The molecule has 1 aliphatic heterocycles. The van der Waals surface area contributed by atoms with Crippen LogP contribution >= 0.6 is 23.4 Å². The average Bonchev–Trinajstić information content (AvgIpc) is 3.14. The van der Waals surface area contributed by atoms with Crippen LogP contribution in [0.1, 0.15) is 24.1 Å². The summed E-state index contributed by atoms with van der Waals surface area (Å²) in [5, 5.41) is 9.08. The molecule has 1 atom stereocenters. The highest BCUT2D eigenvalue weighted by atomic mass is 35.5. The highest BCUT2D eigenvalue weighted by molar-refractivity contribution is 7.98. The van der Waals surface area contributed by atoms with E-state index in [1.807, 2.05) is 55.5 Å². The summed E-state index contributed by atoms with van der Waals surface area (Å²) in [7, 11) is 1.60. The predicted octanol–water partition coefficient (Wildman–Crippen LogP) is 4.01. The molecule has 2 aromatic carbocycles. The van der Waals surface area contributed by atoms with Gasteiger partial charge in [-0.15, -0.1) is 5.10 Å². The first-order chi connectivity index (χ1) is 14.5. The van der Waals surface area contributed by atoms with Gasteiger partial charge < -0.3 is 15.8 Å². The van der Waals surface area contributed by atoms with Crippen LogP contribution in [0.5, 0.6) is 5.75 Å². The molecular formula is C21H20ClN5O2S. The van der Waals surface area contributed by atoms with E-state index in [4.69, 9.17) is 22.1 Å². The lowest BCUT2D eigenvalue weighted by molar-refractivity contribution is -0.115. The zero-order valence-corrected chi connectivity index (χ0v) is 18.0.